The molecule has 1 unspecified atom stereocenters. The van der Waals surface area contributed by atoms with E-state index in [1.54, 1.807) is 47.4 Å². The Morgan fingerprint density at radius 1 is 1.00 bits per heavy atom. The third-order valence-corrected chi connectivity index (χ3v) is 8.22. The van der Waals surface area contributed by atoms with Crippen molar-refractivity contribution in [2.24, 2.45) is 0 Å². The molecule has 2 aromatic carbocycles. The van der Waals surface area contributed by atoms with Gasteiger partial charge in [-0.3, -0.25) is 14.9 Å². The third-order valence-electron chi connectivity index (χ3n) is 8.22. The van der Waals surface area contributed by atoms with Gasteiger partial charge in [0.15, 0.2) is 5.54 Å². The lowest BCUT2D eigenvalue weighted by Crippen LogP contribution is -2.52. The van der Waals surface area contributed by atoms with Crippen molar-refractivity contribution in [3.8, 4) is 22.8 Å². The number of piperazine rings is 1. The Morgan fingerprint density at radius 3 is 2.41 bits per heavy atom. The van der Waals surface area contributed by atoms with Gasteiger partial charge < -0.3 is 29.9 Å². The first-order chi connectivity index (χ1) is 19.8. The fraction of sp³-hybridized carbons (Fsp3) is 0.333. The molecule has 3 aromatic rings. The molecule has 2 fully saturated rings. The summed E-state index contributed by atoms with van der Waals surface area (Å²) < 4.78 is 5.26. The van der Waals surface area contributed by atoms with E-state index in [0.29, 0.717) is 34.7 Å². The number of methoxy groups -OCH3 is 1. The molecule has 6 rings (SSSR count). The van der Waals surface area contributed by atoms with Gasteiger partial charge in [0.25, 0.3) is 11.8 Å². The number of aromatic nitrogens is 1. The van der Waals surface area contributed by atoms with Gasteiger partial charge in [0.2, 0.25) is 0 Å². The van der Waals surface area contributed by atoms with Crippen molar-refractivity contribution in [3.05, 3.63) is 71.3 Å². The van der Waals surface area contributed by atoms with Crippen LogP contribution in [0.5, 0.6) is 11.5 Å². The third kappa shape index (κ3) is 4.71. The number of hydrogen-bond acceptors (Lipinski definition) is 8. The molecule has 0 spiro atoms. The van der Waals surface area contributed by atoms with Crippen molar-refractivity contribution >= 4 is 23.7 Å². The number of carbonyl (C=O) groups excluding carboxylic acids is 3. The summed E-state index contributed by atoms with van der Waals surface area (Å²) in [6.07, 6.45) is 0. The fourth-order valence-electron chi connectivity index (χ4n) is 5.81. The second kappa shape index (κ2) is 10.4. The maximum Gasteiger partial charge on any atom is 0.322 e. The summed E-state index contributed by atoms with van der Waals surface area (Å²) in [5.41, 5.74) is 1.46. The summed E-state index contributed by atoms with van der Waals surface area (Å²) in [6, 6.07) is 15.1. The van der Waals surface area contributed by atoms with Crippen molar-refractivity contribution in [1.82, 2.24) is 25.4 Å². The number of ether oxygens (including phenoxy) is 1. The number of pyridine rings is 1. The molecule has 1 aromatic heterocycles. The van der Waals surface area contributed by atoms with E-state index in [-0.39, 0.29) is 18.2 Å². The van der Waals surface area contributed by atoms with Gasteiger partial charge in [0.1, 0.15) is 23.0 Å². The van der Waals surface area contributed by atoms with Gasteiger partial charge in [-0.25, -0.2) is 9.78 Å². The normalized spacial score (nSPS) is 20.7. The topological polar surface area (TPSA) is 127 Å². The Kier molecular flexibility index (Phi) is 6.74. The zero-order chi connectivity index (χ0) is 28.7. The highest BCUT2D eigenvalue weighted by Crippen LogP contribution is 2.35. The number of urea groups is 1. The molecule has 0 radical (unpaired) electrons. The largest absolute Gasteiger partial charge is 0.506 e. The van der Waals surface area contributed by atoms with Gasteiger partial charge in [-0.05, 0) is 41.9 Å². The average Bonchev–Trinajstić information content (AvgIpc) is 3.47. The van der Waals surface area contributed by atoms with E-state index in [0.717, 1.165) is 44.1 Å². The predicted octanol–water partition coefficient (Wildman–Crippen LogP) is 2.30. The van der Waals surface area contributed by atoms with Crippen molar-refractivity contribution in [2.45, 2.75) is 19.0 Å². The number of nitrogens with zero attached hydrogens (tertiary/aromatic N) is 4. The van der Waals surface area contributed by atoms with E-state index < -0.39 is 17.5 Å². The molecule has 4 heterocycles. The van der Waals surface area contributed by atoms with Gasteiger partial charge in [0.05, 0.1) is 13.7 Å². The highest BCUT2D eigenvalue weighted by Gasteiger charge is 2.50. The number of fused-ring (bicyclic) bond motifs is 1. The van der Waals surface area contributed by atoms with E-state index in [4.69, 9.17) is 9.72 Å². The molecular formula is C30H32N6O5. The molecule has 4 amide bonds. The van der Waals surface area contributed by atoms with Gasteiger partial charge >= 0.3 is 6.03 Å². The molecule has 212 valence electrons. The number of benzene rings is 2. The SMILES string of the molecule is CCN1CCN(c2ccc(O)c(-c3ccc(C4(CN5Cc6ccc(OC)cc6C5=O)NC(=O)NC4=O)cc3)n2)CC1. The smallest absolute Gasteiger partial charge is 0.322 e. The Bertz CT molecular complexity index is 1520. The van der Waals surface area contributed by atoms with E-state index in [1.807, 2.05) is 12.1 Å². The molecule has 3 aliphatic heterocycles. The standard InChI is InChI=1S/C30H32N6O5/c1-3-34-12-14-35(15-13-34)25-11-10-24(37)26(31-25)19-4-7-21(8-5-19)30(28(39)32-29(40)33-30)18-36-17-20-6-9-22(41-2)16-23(20)27(36)38/h4-11,16,37H,3,12-15,17-18H2,1-2H3,(H2,32,33,39,40). The summed E-state index contributed by atoms with van der Waals surface area (Å²) in [4.78, 5) is 49.8. The zero-order valence-corrected chi connectivity index (χ0v) is 23.0. The summed E-state index contributed by atoms with van der Waals surface area (Å²) >= 11 is 0. The molecule has 2 saturated heterocycles. The van der Waals surface area contributed by atoms with Crippen LogP contribution < -0.4 is 20.3 Å². The lowest BCUT2D eigenvalue weighted by molar-refractivity contribution is -0.124. The Hall–Kier alpha value is -4.64. The molecule has 41 heavy (non-hydrogen) atoms. The Morgan fingerprint density at radius 2 is 1.76 bits per heavy atom. The number of amides is 4. The summed E-state index contributed by atoms with van der Waals surface area (Å²) in [7, 11) is 1.54. The zero-order valence-electron chi connectivity index (χ0n) is 23.0. The number of likely N-dealkylation sites (N-methyl/N-ethyl adjacent to an activating group) is 1. The van der Waals surface area contributed by atoms with Crippen molar-refractivity contribution in [2.75, 3.05) is 51.3 Å². The Labute approximate surface area is 237 Å². The summed E-state index contributed by atoms with van der Waals surface area (Å²) in [5.74, 6) is 0.632. The van der Waals surface area contributed by atoms with Crippen molar-refractivity contribution in [1.29, 1.82) is 0 Å². The van der Waals surface area contributed by atoms with Crippen LogP contribution in [0, 0.1) is 0 Å². The molecule has 1 atom stereocenters. The molecule has 11 heteroatoms. The summed E-state index contributed by atoms with van der Waals surface area (Å²) in [6.45, 7) is 7.04. The quantitative estimate of drug-likeness (QED) is 0.379. The summed E-state index contributed by atoms with van der Waals surface area (Å²) in [5, 5.41) is 15.8. The van der Waals surface area contributed by atoms with Crippen LogP contribution in [0.4, 0.5) is 10.6 Å². The van der Waals surface area contributed by atoms with Gasteiger partial charge in [-0.15, -0.1) is 0 Å². The molecule has 3 N–H and O–H groups in total. The number of imide groups is 1. The number of anilines is 1. The fourth-order valence-corrected chi connectivity index (χ4v) is 5.81. The van der Waals surface area contributed by atoms with Crippen LogP contribution in [0.2, 0.25) is 0 Å². The number of rotatable bonds is 7. The second-order valence-corrected chi connectivity index (χ2v) is 10.5. The first-order valence-electron chi connectivity index (χ1n) is 13.7. The average molecular weight is 557 g/mol. The van der Waals surface area contributed by atoms with Crippen LogP contribution in [-0.4, -0.2) is 84.1 Å². The highest BCUT2D eigenvalue weighted by atomic mass is 16.5. The van der Waals surface area contributed by atoms with Crippen molar-refractivity contribution < 1.29 is 24.2 Å². The number of carbonyl (C=O) groups is 3. The van der Waals surface area contributed by atoms with Crippen LogP contribution in [0.15, 0.2) is 54.6 Å². The maximum absolute atomic E-state index is 13.3. The number of nitrogens with one attached hydrogen (secondary N) is 2. The van der Waals surface area contributed by atoms with Crippen LogP contribution in [0.3, 0.4) is 0 Å². The van der Waals surface area contributed by atoms with E-state index in [2.05, 4.69) is 27.4 Å². The first-order valence-corrected chi connectivity index (χ1v) is 13.7. The lowest BCUT2D eigenvalue weighted by atomic mass is 9.88. The highest BCUT2D eigenvalue weighted by molar-refractivity contribution is 6.08. The Balaban J connectivity index is 1.27. The van der Waals surface area contributed by atoms with Crippen LogP contribution in [-0.2, 0) is 16.9 Å². The molecule has 0 saturated carbocycles. The van der Waals surface area contributed by atoms with Gasteiger partial charge in [0, 0.05) is 43.9 Å². The minimum Gasteiger partial charge on any atom is -0.506 e. The lowest BCUT2D eigenvalue weighted by Gasteiger charge is -2.35. The van der Waals surface area contributed by atoms with Crippen LogP contribution >= 0.6 is 0 Å². The van der Waals surface area contributed by atoms with E-state index in [9.17, 15) is 19.5 Å². The van der Waals surface area contributed by atoms with E-state index in [1.165, 1.54) is 7.11 Å². The minimum atomic E-state index is -1.48. The monoisotopic (exact) mass is 556 g/mol. The number of hydrogen-bond donors (Lipinski definition) is 3. The molecule has 3 aliphatic rings. The van der Waals surface area contributed by atoms with E-state index >= 15 is 0 Å². The second-order valence-electron chi connectivity index (χ2n) is 10.5. The maximum atomic E-state index is 13.3. The van der Waals surface area contributed by atoms with Crippen LogP contribution in [0.25, 0.3) is 11.3 Å². The first kappa shape index (κ1) is 26.6. The number of aromatic hydroxyl groups is 1. The minimum absolute atomic E-state index is 0.0474. The molecular weight excluding hydrogens is 524 g/mol. The molecule has 0 aliphatic carbocycles. The predicted molar refractivity (Wildman–Crippen MR) is 152 cm³/mol. The molecule has 11 nitrogen and oxygen atoms in total. The van der Waals surface area contributed by atoms with Gasteiger partial charge in [-0.1, -0.05) is 37.3 Å². The molecule has 0 bridgehead atoms. The van der Waals surface area contributed by atoms with Gasteiger partial charge in [-0.2, -0.15) is 0 Å². The van der Waals surface area contributed by atoms with Crippen molar-refractivity contribution in [3.63, 3.8) is 0 Å². The van der Waals surface area contributed by atoms with Crippen LogP contribution in [0.1, 0.15) is 28.4 Å².